The fraction of sp³-hybridized carbons (Fsp3) is 0.222. The molecule has 0 radical (unpaired) electrons. The van der Waals surface area contributed by atoms with Crippen LogP contribution >= 0.6 is 12.4 Å². The van der Waals surface area contributed by atoms with Gasteiger partial charge in [0.1, 0.15) is 0 Å². The summed E-state index contributed by atoms with van der Waals surface area (Å²) < 4.78 is 13.7. The fourth-order valence-corrected chi connectivity index (χ4v) is 1.03. The van der Waals surface area contributed by atoms with Gasteiger partial charge in [0, 0.05) is 12.1 Å². The molecule has 78 valence electrons. The van der Waals surface area contributed by atoms with Gasteiger partial charge < -0.3 is 10.8 Å². The summed E-state index contributed by atoms with van der Waals surface area (Å²) in [6, 6.07) is 7.63. The summed E-state index contributed by atoms with van der Waals surface area (Å²) in [6.45, 7) is -0.563. The van der Waals surface area contributed by atoms with Gasteiger partial charge in [-0.25, -0.2) is 9.18 Å². The number of hydrogen-bond acceptors (Lipinski definition) is 2. The smallest absolute Gasteiger partial charge is 0.347 e. The normalized spacial score (nSPS) is 13.9. The predicted molar refractivity (Wildman–Crippen MR) is 53.2 cm³/mol. The third-order valence-electron chi connectivity index (χ3n) is 1.85. The van der Waals surface area contributed by atoms with E-state index in [1.165, 1.54) is 12.1 Å². The second-order valence-electron chi connectivity index (χ2n) is 2.68. The standard InChI is InChI=1S/C9H10FNO2.ClH/c10-9(6-11,8(12)13)7-4-2-1-3-5-7;/h1-5H,6,11H2,(H,12,13);1H. The molecule has 0 saturated carbocycles. The number of nitrogens with two attached hydrogens (primary N) is 1. The van der Waals surface area contributed by atoms with Gasteiger partial charge in [0.05, 0.1) is 0 Å². The van der Waals surface area contributed by atoms with Crippen molar-refractivity contribution in [2.45, 2.75) is 5.67 Å². The lowest BCUT2D eigenvalue weighted by Gasteiger charge is -2.18. The van der Waals surface area contributed by atoms with Gasteiger partial charge in [0.25, 0.3) is 0 Å². The van der Waals surface area contributed by atoms with E-state index in [9.17, 15) is 9.18 Å². The molecule has 5 heteroatoms. The molecule has 0 aromatic heterocycles. The summed E-state index contributed by atoms with van der Waals surface area (Å²) in [7, 11) is 0. The van der Waals surface area contributed by atoms with Crippen LogP contribution in [0.3, 0.4) is 0 Å². The molecule has 0 aliphatic carbocycles. The number of hydrogen-bond donors (Lipinski definition) is 2. The maximum absolute atomic E-state index is 13.7. The summed E-state index contributed by atoms with van der Waals surface area (Å²) in [5.41, 5.74) is 2.69. The van der Waals surface area contributed by atoms with Gasteiger partial charge >= 0.3 is 5.97 Å². The highest BCUT2D eigenvalue weighted by Crippen LogP contribution is 2.24. The van der Waals surface area contributed by atoms with Crippen LogP contribution < -0.4 is 5.73 Å². The van der Waals surface area contributed by atoms with Crippen LogP contribution in [-0.4, -0.2) is 17.6 Å². The van der Waals surface area contributed by atoms with E-state index >= 15 is 0 Å². The van der Waals surface area contributed by atoms with Gasteiger partial charge in [0.15, 0.2) is 0 Å². The third kappa shape index (κ3) is 2.21. The molecule has 3 nitrogen and oxygen atoms in total. The average Bonchev–Trinajstić information content (AvgIpc) is 2.17. The van der Waals surface area contributed by atoms with Crippen LogP contribution in [0.1, 0.15) is 5.56 Å². The summed E-state index contributed by atoms with van der Waals surface area (Å²) >= 11 is 0. The van der Waals surface area contributed by atoms with Crippen molar-refractivity contribution in [3.05, 3.63) is 35.9 Å². The Balaban J connectivity index is 0.00000169. The first-order chi connectivity index (χ1) is 6.11. The van der Waals surface area contributed by atoms with E-state index in [2.05, 4.69) is 0 Å². The van der Waals surface area contributed by atoms with Gasteiger partial charge in [-0.05, 0) is 0 Å². The number of benzene rings is 1. The minimum atomic E-state index is -2.47. The van der Waals surface area contributed by atoms with Crippen LogP contribution in [0.5, 0.6) is 0 Å². The second-order valence-corrected chi connectivity index (χ2v) is 2.68. The Morgan fingerprint density at radius 3 is 2.29 bits per heavy atom. The van der Waals surface area contributed by atoms with Crippen molar-refractivity contribution in [3.63, 3.8) is 0 Å². The zero-order valence-corrected chi connectivity index (χ0v) is 8.13. The molecule has 1 unspecified atom stereocenters. The highest BCUT2D eigenvalue weighted by molar-refractivity contribution is 5.85. The maximum Gasteiger partial charge on any atom is 0.347 e. The molecule has 1 aromatic carbocycles. The molecule has 0 bridgehead atoms. The molecule has 0 fully saturated rings. The Hall–Kier alpha value is -1.13. The molecular weight excluding hydrogens is 209 g/mol. The molecule has 0 heterocycles. The zero-order chi connectivity index (χ0) is 9.90. The molecule has 14 heavy (non-hydrogen) atoms. The first-order valence-corrected chi connectivity index (χ1v) is 3.79. The van der Waals surface area contributed by atoms with Crippen molar-refractivity contribution in [1.29, 1.82) is 0 Å². The number of carboxylic acid groups (broad SMARTS) is 1. The summed E-state index contributed by atoms with van der Waals surface area (Å²) in [5, 5.41) is 8.63. The largest absolute Gasteiger partial charge is 0.479 e. The molecule has 0 amide bonds. The van der Waals surface area contributed by atoms with E-state index < -0.39 is 18.2 Å². The molecule has 0 spiro atoms. The van der Waals surface area contributed by atoms with Crippen molar-refractivity contribution in [2.75, 3.05) is 6.54 Å². The van der Waals surface area contributed by atoms with Gasteiger partial charge in [-0.2, -0.15) is 0 Å². The minimum Gasteiger partial charge on any atom is -0.479 e. The second kappa shape index (κ2) is 4.93. The van der Waals surface area contributed by atoms with E-state index in [1.54, 1.807) is 18.2 Å². The third-order valence-corrected chi connectivity index (χ3v) is 1.85. The number of carbonyl (C=O) groups is 1. The summed E-state index contributed by atoms with van der Waals surface area (Å²) in [6.07, 6.45) is 0. The Kier molecular flexibility index (Phi) is 4.53. The quantitative estimate of drug-likeness (QED) is 0.806. The van der Waals surface area contributed by atoms with Crippen LogP contribution in [0.25, 0.3) is 0 Å². The van der Waals surface area contributed by atoms with E-state index in [1.807, 2.05) is 0 Å². The first-order valence-electron chi connectivity index (χ1n) is 3.79. The van der Waals surface area contributed by atoms with Gasteiger partial charge in [-0.3, -0.25) is 0 Å². The van der Waals surface area contributed by atoms with E-state index in [4.69, 9.17) is 10.8 Å². The molecule has 1 atom stereocenters. The molecule has 0 saturated heterocycles. The number of aliphatic carboxylic acids is 1. The number of rotatable bonds is 3. The predicted octanol–water partition coefficient (Wildman–Crippen LogP) is 1.32. The van der Waals surface area contributed by atoms with Crippen LogP contribution in [-0.2, 0) is 10.5 Å². The highest BCUT2D eigenvalue weighted by Gasteiger charge is 2.39. The maximum atomic E-state index is 13.7. The number of alkyl halides is 1. The van der Waals surface area contributed by atoms with Crippen molar-refractivity contribution in [3.8, 4) is 0 Å². The SMILES string of the molecule is Cl.NCC(F)(C(=O)O)c1ccccc1. The van der Waals surface area contributed by atoms with Crippen LogP contribution in [0, 0.1) is 0 Å². The number of halogens is 2. The fourth-order valence-electron chi connectivity index (χ4n) is 1.03. The number of carboxylic acids is 1. The lowest BCUT2D eigenvalue weighted by atomic mass is 9.96. The van der Waals surface area contributed by atoms with Crippen LogP contribution in [0.15, 0.2) is 30.3 Å². The molecule has 1 rings (SSSR count). The van der Waals surface area contributed by atoms with Crippen molar-refractivity contribution in [2.24, 2.45) is 5.73 Å². The van der Waals surface area contributed by atoms with Gasteiger partial charge in [-0.1, -0.05) is 30.3 Å². The van der Waals surface area contributed by atoms with Crippen molar-refractivity contribution in [1.82, 2.24) is 0 Å². The van der Waals surface area contributed by atoms with E-state index in [0.29, 0.717) is 0 Å². The lowest BCUT2D eigenvalue weighted by Crippen LogP contribution is -2.38. The average molecular weight is 220 g/mol. The van der Waals surface area contributed by atoms with Gasteiger partial charge in [0.2, 0.25) is 5.67 Å². The molecular formula is C9H11ClFNO2. The van der Waals surface area contributed by atoms with E-state index in [-0.39, 0.29) is 18.0 Å². The Labute approximate surface area is 87.1 Å². The molecule has 0 aliphatic heterocycles. The van der Waals surface area contributed by atoms with E-state index in [0.717, 1.165) is 0 Å². The van der Waals surface area contributed by atoms with Crippen molar-refractivity contribution < 1.29 is 14.3 Å². The Morgan fingerprint density at radius 1 is 1.43 bits per heavy atom. The Morgan fingerprint density at radius 2 is 1.93 bits per heavy atom. The van der Waals surface area contributed by atoms with Gasteiger partial charge in [-0.15, -0.1) is 12.4 Å². The Bertz CT molecular complexity index is 307. The lowest BCUT2D eigenvalue weighted by molar-refractivity contribution is -0.150. The van der Waals surface area contributed by atoms with Crippen LogP contribution in [0.2, 0.25) is 0 Å². The van der Waals surface area contributed by atoms with Crippen LogP contribution in [0.4, 0.5) is 4.39 Å². The zero-order valence-electron chi connectivity index (χ0n) is 7.31. The molecule has 1 aromatic rings. The summed E-state index contributed by atoms with van der Waals surface area (Å²) in [4.78, 5) is 10.6. The molecule has 0 aliphatic rings. The topological polar surface area (TPSA) is 63.3 Å². The van der Waals surface area contributed by atoms with Crippen molar-refractivity contribution >= 4 is 18.4 Å². The highest BCUT2D eigenvalue weighted by atomic mass is 35.5. The monoisotopic (exact) mass is 219 g/mol. The molecule has 3 N–H and O–H groups in total. The summed E-state index contributed by atoms with van der Waals surface area (Å²) in [5.74, 6) is -1.55. The minimum absolute atomic E-state index is 0. The first kappa shape index (κ1) is 12.9.